The standard InChI is InChI=1S/C28H36N2O4/c1-29-20-21-33-25-14-8-7-11-23(25)10-4-3-9-15-28(27(29)32)16-18-30(19-17-28)26(31)22-34-24-12-5-2-6-13-24/h2,5-8,11-14H,3-4,9-10,15-22H2,1H3. The summed E-state index contributed by atoms with van der Waals surface area (Å²) in [4.78, 5) is 30.0. The van der Waals surface area contributed by atoms with Gasteiger partial charge in [-0.05, 0) is 55.9 Å². The summed E-state index contributed by atoms with van der Waals surface area (Å²) < 4.78 is 11.7. The first-order valence-electron chi connectivity index (χ1n) is 12.5. The highest BCUT2D eigenvalue weighted by molar-refractivity contribution is 5.83. The molecule has 1 saturated heterocycles. The molecule has 0 aliphatic carbocycles. The Morgan fingerprint density at radius 2 is 1.68 bits per heavy atom. The van der Waals surface area contributed by atoms with Gasteiger partial charge in [-0.2, -0.15) is 0 Å². The van der Waals surface area contributed by atoms with E-state index in [0.29, 0.717) is 44.8 Å². The van der Waals surface area contributed by atoms with Crippen LogP contribution in [0.25, 0.3) is 0 Å². The number of aryl methyl sites for hydroxylation is 1. The van der Waals surface area contributed by atoms with E-state index in [-0.39, 0.29) is 18.4 Å². The van der Waals surface area contributed by atoms with E-state index in [9.17, 15) is 9.59 Å². The van der Waals surface area contributed by atoms with Crippen LogP contribution in [0.5, 0.6) is 11.5 Å². The zero-order chi connectivity index (χ0) is 23.8. The summed E-state index contributed by atoms with van der Waals surface area (Å²) in [5, 5.41) is 0. The van der Waals surface area contributed by atoms with E-state index in [1.165, 1.54) is 5.56 Å². The number of piperidine rings is 1. The molecule has 0 bridgehead atoms. The Balaban J connectivity index is 1.36. The summed E-state index contributed by atoms with van der Waals surface area (Å²) in [5.41, 5.74) is 0.849. The van der Waals surface area contributed by atoms with Gasteiger partial charge in [0, 0.05) is 20.1 Å². The van der Waals surface area contributed by atoms with Crippen molar-refractivity contribution in [2.75, 3.05) is 39.9 Å². The third-order valence-electron chi connectivity index (χ3n) is 7.24. The molecule has 1 spiro atoms. The lowest BCUT2D eigenvalue weighted by atomic mass is 9.73. The predicted molar refractivity (Wildman–Crippen MR) is 132 cm³/mol. The molecule has 4 rings (SSSR count). The van der Waals surface area contributed by atoms with Crippen molar-refractivity contribution in [2.45, 2.75) is 44.9 Å². The van der Waals surface area contributed by atoms with E-state index in [2.05, 4.69) is 12.1 Å². The monoisotopic (exact) mass is 464 g/mol. The van der Waals surface area contributed by atoms with Gasteiger partial charge in [0.15, 0.2) is 6.61 Å². The molecule has 34 heavy (non-hydrogen) atoms. The Hall–Kier alpha value is -3.02. The zero-order valence-electron chi connectivity index (χ0n) is 20.2. The molecule has 2 aliphatic rings. The lowest BCUT2D eigenvalue weighted by Crippen LogP contribution is -2.51. The van der Waals surface area contributed by atoms with Crippen molar-refractivity contribution in [1.82, 2.24) is 9.80 Å². The summed E-state index contributed by atoms with van der Waals surface area (Å²) >= 11 is 0. The van der Waals surface area contributed by atoms with Gasteiger partial charge < -0.3 is 19.3 Å². The summed E-state index contributed by atoms with van der Waals surface area (Å²) in [6, 6.07) is 17.6. The first-order chi connectivity index (χ1) is 16.6. The van der Waals surface area contributed by atoms with Gasteiger partial charge in [-0.25, -0.2) is 0 Å². The lowest BCUT2D eigenvalue weighted by molar-refractivity contribution is -0.148. The van der Waals surface area contributed by atoms with Crippen molar-refractivity contribution in [1.29, 1.82) is 0 Å². The first kappa shape index (κ1) is 24.1. The smallest absolute Gasteiger partial charge is 0.260 e. The Morgan fingerprint density at radius 1 is 0.941 bits per heavy atom. The summed E-state index contributed by atoms with van der Waals surface area (Å²) in [6.07, 6.45) is 6.47. The predicted octanol–water partition coefficient (Wildman–Crippen LogP) is 4.33. The largest absolute Gasteiger partial charge is 0.491 e. The fourth-order valence-corrected chi connectivity index (χ4v) is 5.11. The number of amides is 2. The molecular weight excluding hydrogens is 428 g/mol. The van der Waals surface area contributed by atoms with Crippen LogP contribution in [-0.4, -0.2) is 61.5 Å². The second-order valence-corrected chi connectivity index (χ2v) is 9.51. The summed E-state index contributed by atoms with van der Waals surface area (Å²) in [5.74, 6) is 1.80. The molecule has 6 heteroatoms. The van der Waals surface area contributed by atoms with Gasteiger partial charge in [0.05, 0.1) is 12.0 Å². The van der Waals surface area contributed by atoms with Crippen LogP contribution in [0.2, 0.25) is 0 Å². The number of likely N-dealkylation sites (N-methyl/N-ethyl adjacent to an activating group) is 1. The lowest BCUT2D eigenvalue weighted by Gasteiger charge is -2.42. The molecule has 0 aromatic heterocycles. The quantitative estimate of drug-likeness (QED) is 0.679. The summed E-state index contributed by atoms with van der Waals surface area (Å²) in [6.45, 7) is 2.26. The van der Waals surface area contributed by atoms with Crippen LogP contribution < -0.4 is 9.47 Å². The number of carbonyl (C=O) groups is 2. The van der Waals surface area contributed by atoms with Gasteiger partial charge in [-0.1, -0.05) is 49.2 Å². The highest BCUT2D eigenvalue weighted by Crippen LogP contribution is 2.39. The van der Waals surface area contributed by atoms with E-state index in [1.807, 2.05) is 59.3 Å². The maximum atomic E-state index is 13.6. The Kier molecular flexibility index (Phi) is 8.09. The van der Waals surface area contributed by atoms with Crippen molar-refractivity contribution in [3.63, 3.8) is 0 Å². The third-order valence-corrected chi connectivity index (χ3v) is 7.24. The number of hydrogen-bond acceptors (Lipinski definition) is 4. The van der Waals surface area contributed by atoms with E-state index in [4.69, 9.17) is 9.47 Å². The van der Waals surface area contributed by atoms with E-state index >= 15 is 0 Å². The number of ether oxygens (including phenoxy) is 2. The highest BCUT2D eigenvalue weighted by atomic mass is 16.5. The van der Waals surface area contributed by atoms with Gasteiger partial charge in [0.25, 0.3) is 5.91 Å². The molecule has 182 valence electrons. The molecule has 6 nitrogen and oxygen atoms in total. The molecule has 2 aromatic rings. The van der Waals surface area contributed by atoms with Crippen molar-refractivity contribution in [2.24, 2.45) is 5.41 Å². The van der Waals surface area contributed by atoms with Gasteiger partial charge >= 0.3 is 0 Å². The van der Waals surface area contributed by atoms with E-state index < -0.39 is 5.41 Å². The summed E-state index contributed by atoms with van der Waals surface area (Å²) in [7, 11) is 1.88. The van der Waals surface area contributed by atoms with Gasteiger partial charge in [0.2, 0.25) is 5.91 Å². The van der Waals surface area contributed by atoms with Crippen LogP contribution in [0.4, 0.5) is 0 Å². The van der Waals surface area contributed by atoms with Crippen molar-refractivity contribution in [3.8, 4) is 11.5 Å². The topological polar surface area (TPSA) is 59.1 Å². The van der Waals surface area contributed by atoms with Gasteiger partial charge in [-0.3, -0.25) is 9.59 Å². The first-order valence-corrected chi connectivity index (χ1v) is 12.5. The number of likely N-dealkylation sites (tertiary alicyclic amines) is 1. The number of para-hydroxylation sites is 2. The van der Waals surface area contributed by atoms with Gasteiger partial charge in [0.1, 0.15) is 18.1 Å². The Labute approximate surface area is 202 Å². The Bertz CT molecular complexity index is 954. The van der Waals surface area contributed by atoms with Crippen LogP contribution in [0.15, 0.2) is 54.6 Å². The molecule has 2 amide bonds. The molecule has 2 aromatic carbocycles. The number of fused-ring (bicyclic) bond motifs is 1. The Morgan fingerprint density at radius 3 is 2.47 bits per heavy atom. The van der Waals surface area contributed by atoms with Crippen molar-refractivity contribution >= 4 is 11.8 Å². The average Bonchev–Trinajstić information content (AvgIpc) is 2.88. The van der Waals surface area contributed by atoms with Crippen LogP contribution in [0, 0.1) is 5.41 Å². The van der Waals surface area contributed by atoms with Crippen LogP contribution >= 0.6 is 0 Å². The van der Waals surface area contributed by atoms with Crippen LogP contribution in [0.1, 0.15) is 44.1 Å². The number of rotatable bonds is 3. The minimum absolute atomic E-state index is 0.0182. The maximum Gasteiger partial charge on any atom is 0.260 e. The third kappa shape index (κ3) is 5.91. The van der Waals surface area contributed by atoms with Gasteiger partial charge in [-0.15, -0.1) is 0 Å². The fourth-order valence-electron chi connectivity index (χ4n) is 5.11. The second-order valence-electron chi connectivity index (χ2n) is 9.51. The second kappa shape index (κ2) is 11.4. The molecule has 0 unspecified atom stereocenters. The fraction of sp³-hybridized carbons (Fsp3) is 0.500. The maximum absolute atomic E-state index is 13.6. The highest BCUT2D eigenvalue weighted by Gasteiger charge is 2.43. The minimum atomic E-state index is -0.396. The molecule has 2 heterocycles. The van der Waals surface area contributed by atoms with Crippen LogP contribution in [-0.2, 0) is 16.0 Å². The molecule has 0 N–H and O–H groups in total. The number of benzene rings is 2. The van der Waals surface area contributed by atoms with E-state index in [1.54, 1.807) is 0 Å². The average molecular weight is 465 g/mol. The number of carbonyl (C=O) groups excluding carboxylic acids is 2. The minimum Gasteiger partial charge on any atom is -0.491 e. The molecule has 2 aliphatic heterocycles. The van der Waals surface area contributed by atoms with Crippen molar-refractivity contribution < 1.29 is 19.1 Å². The molecule has 1 fully saturated rings. The number of hydrogen-bond donors (Lipinski definition) is 0. The molecule has 0 atom stereocenters. The zero-order valence-corrected chi connectivity index (χ0v) is 20.2. The van der Waals surface area contributed by atoms with Crippen LogP contribution in [0.3, 0.4) is 0 Å². The van der Waals surface area contributed by atoms with E-state index in [0.717, 1.165) is 37.9 Å². The molecular formula is C28H36N2O4. The molecule has 0 radical (unpaired) electrons. The normalized spacial score (nSPS) is 19.3. The number of nitrogens with zero attached hydrogens (tertiary/aromatic N) is 2. The SMILES string of the molecule is CN1CCOc2ccccc2CCCCCC2(CCN(C(=O)COc3ccccc3)CC2)C1=O. The molecule has 0 saturated carbocycles. The van der Waals surface area contributed by atoms with Crippen molar-refractivity contribution in [3.05, 3.63) is 60.2 Å².